The number of hydrogen-bond donors (Lipinski definition) is 1. The highest BCUT2D eigenvalue weighted by Gasteiger charge is 2.40. The Morgan fingerprint density at radius 3 is 2.56 bits per heavy atom. The molecule has 0 bridgehead atoms. The Morgan fingerprint density at radius 2 is 1.85 bits per heavy atom. The molecule has 5 nitrogen and oxygen atoms in total. The maximum absolute atomic E-state index is 5.67. The van der Waals surface area contributed by atoms with Crippen LogP contribution in [0.3, 0.4) is 0 Å². The minimum Gasteiger partial charge on any atom is -0.352 e. The number of hydrogen-bond acceptors (Lipinski definition) is 3. The van der Waals surface area contributed by atoms with Crippen molar-refractivity contribution >= 4 is 17.3 Å². The van der Waals surface area contributed by atoms with Gasteiger partial charge in [0.05, 0.1) is 30.0 Å². The van der Waals surface area contributed by atoms with Crippen LogP contribution in [0.1, 0.15) is 42.5 Å². The number of nitrogens with one attached hydrogen (secondary N) is 1. The van der Waals surface area contributed by atoms with Gasteiger partial charge in [-0.15, -0.1) is 0 Å². The van der Waals surface area contributed by atoms with Crippen molar-refractivity contribution in [3.8, 4) is 0 Å². The monoisotopic (exact) mass is 377 g/mol. The predicted octanol–water partition coefficient (Wildman–Crippen LogP) is 3.71. The lowest BCUT2D eigenvalue weighted by Gasteiger charge is -2.28. The molecule has 1 fully saturated rings. The van der Waals surface area contributed by atoms with Gasteiger partial charge in [0, 0.05) is 30.8 Å². The van der Waals surface area contributed by atoms with Gasteiger partial charge >= 0.3 is 0 Å². The molecular weight excluding hydrogens is 354 g/mol. The van der Waals surface area contributed by atoms with Crippen molar-refractivity contribution in [3.63, 3.8) is 0 Å². The third-order valence-corrected chi connectivity index (χ3v) is 5.24. The van der Waals surface area contributed by atoms with Crippen LogP contribution in [-0.2, 0) is 6.54 Å². The minimum atomic E-state index is 0.0302. The average molecular weight is 378 g/mol. The van der Waals surface area contributed by atoms with Crippen LogP contribution in [0.4, 0.5) is 0 Å². The fraction of sp³-hybridized carbons (Fsp3) is 0.286. The second-order valence-electron chi connectivity index (χ2n) is 6.70. The van der Waals surface area contributed by atoms with Crippen molar-refractivity contribution in [3.05, 3.63) is 84.2 Å². The summed E-state index contributed by atoms with van der Waals surface area (Å²) >= 11 is 5.67. The first-order chi connectivity index (χ1) is 13.3. The van der Waals surface area contributed by atoms with Gasteiger partial charge in [-0.2, -0.15) is 0 Å². The Hall–Kier alpha value is -2.73. The second-order valence-corrected chi connectivity index (χ2v) is 7.09. The molecule has 3 aromatic rings. The summed E-state index contributed by atoms with van der Waals surface area (Å²) in [6.45, 7) is 3.83. The standard InChI is InChI=1S/C21H23N5S/c1-2-13-26-20(19(24-21(26)27)17-9-4-6-12-23-17)18-10-7-14-25(18)15-16-8-3-5-11-22-16/h3-12,14,19-20H,2,13,15H2,1H3,(H,24,27)/t19-,20-/m1/s1. The van der Waals surface area contributed by atoms with E-state index >= 15 is 0 Å². The zero-order valence-electron chi connectivity index (χ0n) is 15.3. The van der Waals surface area contributed by atoms with Crippen LogP contribution in [0.15, 0.2) is 67.1 Å². The van der Waals surface area contributed by atoms with Crippen LogP contribution < -0.4 is 5.32 Å². The van der Waals surface area contributed by atoms with Crippen molar-refractivity contribution in [1.82, 2.24) is 24.8 Å². The lowest BCUT2D eigenvalue weighted by molar-refractivity contribution is 0.304. The van der Waals surface area contributed by atoms with E-state index in [0.29, 0.717) is 0 Å². The van der Waals surface area contributed by atoms with Crippen molar-refractivity contribution < 1.29 is 0 Å². The van der Waals surface area contributed by atoms with Gasteiger partial charge < -0.3 is 14.8 Å². The first-order valence-electron chi connectivity index (χ1n) is 9.31. The smallest absolute Gasteiger partial charge is 0.170 e. The van der Waals surface area contributed by atoms with Gasteiger partial charge in [0.2, 0.25) is 0 Å². The molecule has 2 atom stereocenters. The number of thiocarbonyl (C=S) groups is 1. The lowest BCUT2D eigenvalue weighted by atomic mass is 10.0. The molecule has 0 aromatic carbocycles. The quantitative estimate of drug-likeness (QED) is 0.664. The molecule has 4 heterocycles. The molecule has 138 valence electrons. The van der Waals surface area contributed by atoms with Crippen molar-refractivity contribution in [1.29, 1.82) is 0 Å². The van der Waals surface area contributed by atoms with E-state index in [9.17, 15) is 0 Å². The van der Waals surface area contributed by atoms with Gasteiger partial charge in [-0.05, 0) is 55.0 Å². The van der Waals surface area contributed by atoms with Crippen LogP contribution in [0.5, 0.6) is 0 Å². The highest BCUT2D eigenvalue weighted by molar-refractivity contribution is 7.80. The molecule has 27 heavy (non-hydrogen) atoms. The van der Waals surface area contributed by atoms with Crippen LogP contribution in [0.25, 0.3) is 0 Å². The van der Waals surface area contributed by atoms with E-state index in [-0.39, 0.29) is 12.1 Å². The maximum Gasteiger partial charge on any atom is 0.170 e. The third kappa shape index (κ3) is 3.57. The van der Waals surface area contributed by atoms with Crippen LogP contribution >= 0.6 is 12.2 Å². The largest absolute Gasteiger partial charge is 0.352 e. The molecule has 1 saturated heterocycles. The molecule has 3 aromatic heterocycles. The molecule has 0 aliphatic carbocycles. The molecular formula is C21H23N5S. The zero-order chi connectivity index (χ0) is 18.6. The Morgan fingerprint density at radius 1 is 1.04 bits per heavy atom. The molecule has 0 spiro atoms. The summed E-state index contributed by atoms with van der Waals surface area (Å²) in [5.74, 6) is 0. The third-order valence-electron chi connectivity index (χ3n) is 4.89. The Bertz CT molecular complexity index is 893. The number of rotatable bonds is 6. The molecule has 0 unspecified atom stereocenters. The highest BCUT2D eigenvalue weighted by atomic mass is 32.1. The summed E-state index contributed by atoms with van der Waals surface area (Å²) in [6, 6.07) is 16.5. The summed E-state index contributed by atoms with van der Waals surface area (Å²) in [6.07, 6.45) is 6.83. The van der Waals surface area contributed by atoms with Crippen LogP contribution in [0, 0.1) is 0 Å². The Labute approximate surface area is 165 Å². The molecule has 0 radical (unpaired) electrons. The van der Waals surface area contributed by atoms with Gasteiger partial charge in [-0.25, -0.2) is 0 Å². The van der Waals surface area contributed by atoms with E-state index < -0.39 is 0 Å². The maximum atomic E-state index is 5.67. The number of aromatic nitrogens is 3. The van der Waals surface area contributed by atoms with E-state index in [1.165, 1.54) is 5.69 Å². The lowest BCUT2D eigenvalue weighted by Crippen LogP contribution is -2.31. The Kier molecular flexibility index (Phi) is 5.16. The number of pyridine rings is 2. The number of nitrogens with zero attached hydrogens (tertiary/aromatic N) is 4. The van der Waals surface area contributed by atoms with Gasteiger partial charge in [0.25, 0.3) is 0 Å². The van der Waals surface area contributed by atoms with Crippen LogP contribution in [-0.4, -0.2) is 31.1 Å². The van der Waals surface area contributed by atoms with Crippen molar-refractivity contribution in [2.45, 2.75) is 32.0 Å². The average Bonchev–Trinajstić information content (AvgIpc) is 3.28. The van der Waals surface area contributed by atoms with E-state index in [4.69, 9.17) is 12.2 Å². The fourth-order valence-electron chi connectivity index (χ4n) is 3.71. The SMILES string of the molecule is CCCN1C(=S)N[C@H](c2ccccn2)[C@H]1c1cccn1Cc1ccccn1. The van der Waals surface area contributed by atoms with E-state index in [0.717, 1.165) is 36.0 Å². The molecule has 0 amide bonds. The van der Waals surface area contributed by atoms with Gasteiger partial charge in [-0.1, -0.05) is 19.1 Å². The second kappa shape index (κ2) is 7.88. The van der Waals surface area contributed by atoms with Crippen molar-refractivity contribution in [2.24, 2.45) is 0 Å². The molecule has 6 heteroatoms. The topological polar surface area (TPSA) is 46.0 Å². The van der Waals surface area contributed by atoms with Gasteiger partial charge in [-0.3, -0.25) is 9.97 Å². The predicted molar refractivity (Wildman–Crippen MR) is 110 cm³/mol. The molecule has 4 rings (SSSR count). The summed E-state index contributed by atoms with van der Waals surface area (Å²) in [4.78, 5) is 11.4. The Balaban J connectivity index is 1.72. The summed E-state index contributed by atoms with van der Waals surface area (Å²) in [5, 5.41) is 4.29. The van der Waals surface area contributed by atoms with Crippen LogP contribution in [0.2, 0.25) is 0 Å². The zero-order valence-corrected chi connectivity index (χ0v) is 16.1. The van der Waals surface area contributed by atoms with E-state index in [1.54, 1.807) is 0 Å². The first kappa shape index (κ1) is 17.7. The molecule has 0 saturated carbocycles. The van der Waals surface area contributed by atoms with Crippen molar-refractivity contribution in [2.75, 3.05) is 6.54 Å². The summed E-state index contributed by atoms with van der Waals surface area (Å²) in [7, 11) is 0. The van der Waals surface area contributed by atoms with Gasteiger partial charge in [0.15, 0.2) is 5.11 Å². The summed E-state index contributed by atoms with van der Waals surface area (Å²) in [5.41, 5.74) is 3.27. The fourth-order valence-corrected chi connectivity index (χ4v) is 4.05. The minimum absolute atomic E-state index is 0.0302. The first-order valence-corrected chi connectivity index (χ1v) is 9.71. The molecule has 1 N–H and O–H groups in total. The normalized spacial score (nSPS) is 19.3. The molecule has 1 aliphatic heterocycles. The van der Waals surface area contributed by atoms with E-state index in [1.807, 2.05) is 36.7 Å². The summed E-state index contributed by atoms with van der Waals surface area (Å²) < 4.78 is 2.27. The van der Waals surface area contributed by atoms with E-state index in [2.05, 4.69) is 62.1 Å². The van der Waals surface area contributed by atoms with Gasteiger partial charge in [0.1, 0.15) is 0 Å². The highest BCUT2D eigenvalue weighted by Crippen LogP contribution is 2.38. The molecule has 1 aliphatic rings.